The van der Waals surface area contributed by atoms with Gasteiger partial charge in [-0.2, -0.15) is 0 Å². The molecule has 1 aliphatic rings. The van der Waals surface area contributed by atoms with E-state index in [1.165, 1.54) is 0 Å². The topological polar surface area (TPSA) is 80.7 Å². The maximum atomic E-state index is 10.6. The van der Waals surface area contributed by atoms with Crippen molar-refractivity contribution in [3.8, 4) is 0 Å². The molecule has 7 heteroatoms. The molecule has 72 valence electrons. The van der Waals surface area contributed by atoms with Gasteiger partial charge in [0, 0.05) is 6.54 Å². The van der Waals surface area contributed by atoms with Gasteiger partial charge in [-0.1, -0.05) is 0 Å². The van der Waals surface area contributed by atoms with E-state index in [-0.39, 0.29) is 42.5 Å². The fourth-order valence-corrected chi connectivity index (χ4v) is 2.18. The van der Waals surface area contributed by atoms with Crippen LogP contribution in [0.3, 0.4) is 0 Å². The Kier molecular flexibility index (Phi) is 4.86. The van der Waals surface area contributed by atoms with Crippen LogP contribution in [0.4, 0.5) is 0 Å². The molecule has 1 rings (SSSR count). The SMILES string of the molecule is CN1CCCC(O)(S(=O)(=O)[O-])C1.[Na+]. The standard InChI is InChI=1S/C6H13NO4S.Na/c1-7-4-2-3-6(8,5-7)12(9,10)11;/h8H,2-5H2,1H3,(H,9,10,11);/q;+1/p-1. The fraction of sp³-hybridized carbons (Fsp3) is 1.00. The Morgan fingerprint density at radius 3 is 2.38 bits per heavy atom. The number of aliphatic hydroxyl groups is 1. The van der Waals surface area contributed by atoms with Crippen LogP contribution >= 0.6 is 0 Å². The zero-order valence-corrected chi connectivity index (χ0v) is 10.7. The molecule has 0 amide bonds. The third kappa shape index (κ3) is 3.16. The Bertz CT molecular complexity index is 268. The molecule has 0 spiro atoms. The van der Waals surface area contributed by atoms with Crippen LogP contribution in [-0.2, 0) is 10.1 Å². The smallest absolute Gasteiger partial charge is 0.746 e. The van der Waals surface area contributed by atoms with Crippen molar-refractivity contribution in [2.75, 3.05) is 20.1 Å². The first-order valence-electron chi connectivity index (χ1n) is 3.71. The second-order valence-electron chi connectivity index (χ2n) is 3.24. The molecule has 1 aliphatic heterocycles. The molecule has 0 saturated carbocycles. The number of rotatable bonds is 1. The number of likely N-dealkylation sites (tertiary alicyclic amines) is 1. The monoisotopic (exact) mass is 217 g/mol. The Morgan fingerprint density at radius 1 is 1.54 bits per heavy atom. The van der Waals surface area contributed by atoms with Gasteiger partial charge in [0.25, 0.3) is 0 Å². The third-order valence-corrected chi connectivity index (χ3v) is 3.35. The van der Waals surface area contributed by atoms with Gasteiger partial charge in [-0.3, -0.25) is 0 Å². The molecule has 1 unspecified atom stereocenters. The van der Waals surface area contributed by atoms with Crippen LogP contribution in [0.25, 0.3) is 0 Å². The fourth-order valence-electron chi connectivity index (χ4n) is 1.41. The van der Waals surface area contributed by atoms with E-state index in [1.807, 2.05) is 0 Å². The predicted molar refractivity (Wildman–Crippen MR) is 41.4 cm³/mol. The van der Waals surface area contributed by atoms with Gasteiger partial charge in [0.15, 0.2) is 4.93 Å². The first-order valence-corrected chi connectivity index (χ1v) is 5.12. The average molecular weight is 217 g/mol. The first-order chi connectivity index (χ1) is 5.35. The molecular formula is C6H12NNaO4S. The summed E-state index contributed by atoms with van der Waals surface area (Å²) in [5.74, 6) is 0. The molecule has 1 saturated heterocycles. The van der Waals surface area contributed by atoms with Gasteiger partial charge in [0.1, 0.15) is 10.1 Å². The molecular weight excluding hydrogens is 205 g/mol. The van der Waals surface area contributed by atoms with Crippen LogP contribution in [0.15, 0.2) is 0 Å². The van der Waals surface area contributed by atoms with E-state index < -0.39 is 15.1 Å². The second-order valence-corrected chi connectivity index (χ2v) is 4.91. The molecule has 1 heterocycles. The molecule has 0 aliphatic carbocycles. The van der Waals surface area contributed by atoms with Crippen LogP contribution in [0.5, 0.6) is 0 Å². The van der Waals surface area contributed by atoms with E-state index in [1.54, 1.807) is 11.9 Å². The minimum absolute atomic E-state index is 0. The Hall–Kier alpha value is 0.830. The summed E-state index contributed by atoms with van der Waals surface area (Å²) in [6.45, 7) is 0.636. The van der Waals surface area contributed by atoms with E-state index >= 15 is 0 Å². The van der Waals surface area contributed by atoms with Crippen molar-refractivity contribution in [2.45, 2.75) is 17.8 Å². The first kappa shape index (κ1) is 13.8. The van der Waals surface area contributed by atoms with Gasteiger partial charge in [-0.25, -0.2) is 8.42 Å². The summed E-state index contributed by atoms with van der Waals surface area (Å²) >= 11 is 0. The zero-order chi connectivity index (χ0) is 9.41. The van der Waals surface area contributed by atoms with E-state index in [0.717, 1.165) is 6.54 Å². The molecule has 0 bridgehead atoms. The van der Waals surface area contributed by atoms with E-state index in [4.69, 9.17) is 0 Å². The molecule has 1 atom stereocenters. The summed E-state index contributed by atoms with van der Waals surface area (Å²) in [7, 11) is -2.92. The third-order valence-electron chi connectivity index (χ3n) is 2.09. The summed E-state index contributed by atoms with van der Waals surface area (Å²) in [5.41, 5.74) is 0. The Labute approximate surface area is 100 Å². The molecule has 5 nitrogen and oxygen atoms in total. The normalized spacial score (nSPS) is 31.0. The van der Waals surface area contributed by atoms with Crippen molar-refractivity contribution in [1.29, 1.82) is 0 Å². The summed E-state index contributed by atoms with van der Waals surface area (Å²) < 4.78 is 31.9. The van der Waals surface area contributed by atoms with Crippen LogP contribution in [-0.4, -0.2) is 48.0 Å². The van der Waals surface area contributed by atoms with Gasteiger partial charge in [-0.05, 0) is 26.4 Å². The quantitative estimate of drug-likeness (QED) is 0.357. The number of hydrogen-bond donors (Lipinski definition) is 1. The van der Waals surface area contributed by atoms with Gasteiger partial charge in [-0.15, -0.1) is 0 Å². The van der Waals surface area contributed by atoms with Crippen molar-refractivity contribution in [3.63, 3.8) is 0 Å². The molecule has 0 aromatic heterocycles. The van der Waals surface area contributed by atoms with E-state index in [2.05, 4.69) is 0 Å². The van der Waals surface area contributed by atoms with Crippen molar-refractivity contribution < 1.29 is 47.6 Å². The largest absolute Gasteiger partial charge is 1.00 e. The van der Waals surface area contributed by atoms with Gasteiger partial charge >= 0.3 is 29.6 Å². The van der Waals surface area contributed by atoms with E-state index in [9.17, 15) is 18.1 Å². The summed E-state index contributed by atoms with van der Waals surface area (Å²) in [5, 5.41) is 9.44. The number of nitrogens with zero attached hydrogens (tertiary/aromatic N) is 1. The van der Waals surface area contributed by atoms with Crippen LogP contribution in [0.2, 0.25) is 0 Å². The summed E-state index contributed by atoms with van der Waals surface area (Å²) in [4.78, 5) is -0.432. The molecule has 1 fully saturated rings. The zero-order valence-electron chi connectivity index (χ0n) is 7.86. The van der Waals surface area contributed by atoms with Crippen molar-refractivity contribution in [3.05, 3.63) is 0 Å². The van der Waals surface area contributed by atoms with Crippen LogP contribution in [0, 0.1) is 0 Å². The van der Waals surface area contributed by atoms with E-state index in [0.29, 0.717) is 6.42 Å². The van der Waals surface area contributed by atoms with Gasteiger partial charge < -0.3 is 14.6 Å². The number of likely N-dealkylation sites (N-methyl/N-ethyl adjacent to an activating group) is 1. The second kappa shape index (κ2) is 4.57. The average Bonchev–Trinajstić information content (AvgIpc) is 1.83. The van der Waals surface area contributed by atoms with Gasteiger partial charge in [0.2, 0.25) is 0 Å². The molecule has 13 heavy (non-hydrogen) atoms. The molecule has 0 aromatic rings. The molecule has 0 radical (unpaired) electrons. The predicted octanol–water partition coefficient (Wildman–Crippen LogP) is -4.05. The number of piperidine rings is 1. The molecule has 0 aromatic carbocycles. The van der Waals surface area contributed by atoms with Crippen molar-refractivity contribution in [1.82, 2.24) is 4.90 Å². The van der Waals surface area contributed by atoms with Crippen LogP contribution in [0.1, 0.15) is 12.8 Å². The Balaban J connectivity index is 0.00000144. The summed E-state index contributed by atoms with van der Waals surface area (Å²) in [6, 6.07) is 0. The number of hydrogen-bond acceptors (Lipinski definition) is 5. The van der Waals surface area contributed by atoms with Crippen molar-refractivity contribution in [2.24, 2.45) is 0 Å². The molecule has 1 N–H and O–H groups in total. The van der Waals surface area contributed by atoms with Crippen molar-refractivity contribution >= 4 is 10.1 Å². The minimum Gasteiger partial charge on any atom is -0.746 e. The van der Waals surface area contributed by atoms with Crippen LogP contribution < -0.4 is 29.6 Å². The maximum absolute atomic E-state index is 10.6. The Morgan fingerprint density at radius 2 is 2.08 bits per heavy atom. The summed E-state index contributed by atoms with van der Waals surface area (Å²) in [6.07, 6.45) is 0.581. The minimum atomic E-state index is -4.59. The maximum Gasteiger partial charge on any atom is 1.00 e. The van der Waals surface area contributed by atoms with Gasteiger partial charge in [0.05, 0.1) is 0 Å². The number of β-amino-alcohol motifs (C(OH)–C–C–N with tert-alkyl or cyclic N) is 1.